The number of rotatable bonds is 4. The van der Waals surface area contributed by atoms with Crippen molar-refractivity contribution in [3.05, 3.63) is 30.1 Å². The first kappa shape index (κ1) is 17.8. The summed E-state index contributed by atoms with van der Waals surface area (Å²) in [4.78, 5) is 14.2. The zero-order valence-corrected chi connectivity index (χ0v) is 14.7. The van der Waals surface area contributed by atoms with Crippen LogP contribution in [0.4, 0.5) is 24.8 Å². The van der Waals surface area contributed by atoms with Crippen LogP contribution in [-0.4, -0.2) is 56.0 Å². The average Bonchev–Trinajstić information content (AvgIpc) is 3.13. The van der Waals surface area contributed by atoms with Gasteiger partial charge in [-0.15, -0.1) is 0 Å². The maximum absolute atomic E-state index is 13.7. The van der Waals surface area contributed by atoms with Gasteiger partial charge in [-0.2, -0.15) is 24.9 Å². The lowest BCUT2D eigenvalue weighted by atomic mass is 10.1. The predicted octanol–water partition coefficient (Wildman–Crippen LogP) is 2.68. The van der Waals surface area contributed by atoms with Crippen LogP contribution in [0.1, 0.15) is 11.7 Å². The molecule has 142 valence electrons. The van der Waals surface area contributed by atoms with E-state index in [2.05, 4.69) is 35.2 Å². The number of alkyl halides is 3. The number of anilines is 2. The van der Waals surface area contributed by atoms with Gasteiger partial charge in [-0.25, -0.2) is 14.6 Å². The van der Waals surface area contributed by atoms with Crippen molar-refractivity contribution in [2.45, 2.75) is 12.2 Å². The normalized spacial score (nSPS) is 16.5. The summed E-state index contributed by atoms with van der Waals surface area (Å²) in [6.45, 7) is 1.29. The number of pyridine rings is 1. The van der Waals surface area contributed by atoms with Crippen LogP contribution in [0.2, 0.25) is 0 Å². The molecular formula is C15H14F3N7OS. The number of nitrogens with one attached hydrogen (secondary N) is 1. The molecule has 8 nitrogen and oxygen atoms in total. The Morgan fingerprint density at radius 2 is 1.85 bits per heavy atom. The second kappa shape index (κ2) is 7.18. The standard InChI is InChI=1S/C15H14F3N7OS/c16-15(17,18)10(9-3-1-2-4-19-9)20-13-14(25-5-7-27-8-6-25)22-12-11(21-13)23-26-24-12/h1-4,10H,5-8H2,(H,20,21,23). The zero-order chi connectivity index (χ0) is 18.9. The average molecular weight is 397 g/mol. The fourth-order valence-corrected chi connectivity index (χ4v) is 3.63. The van der Waals surface area contributed by atoms with Gasteiger partial charge in [0.05, 0.1) is 5.69 Å². The van der Waals surface area contributed by atoms with E-state index < -0.39 is 12.2 Å². The molecule has 0 radical (unpaired) electrons. The van der Waals surface area contributed by atoms with Crippen molar-refractivity contribution in [1.29, 1.82) is 0 Å². The van der Waals surface area contributed by atoms with Crippen molar-refractivity contribution in [3.8, 4) is 0 Å². The number of thioether (sulfide) groups is 1. The van der Waals surface area contributed by atoms with Crippen molar-refractivity contribution in [2.24, 2.45) is 0 Å². The molecule has 1 aliphatic heterocycles. The highest BCUT2D eigenvalue weighted by Crippen LogP contribution is 2.37. The second-order valence-electron chi connectivity index (χ2n) is 5.78. The van der Waals surface area contributed by atoms with Gasteiger partial charge in [0.1, 0.15) is 0 Å². The topological polar surface area (TPSA) is 92.9 Å². The summed E-state index contributed by atoms with van der Waals surface area (Å²) < 4.78 is 45.7. The molecule has 0 bridgehead atoms. The molecule has 1 fully saturated rings. The molecule has 0 aromatic carbocycles. The number of aromatic nitrogens is 5. The molecule has 0 saturated carbocycles. The fourth-order valence-electron chi connectivity index (χ4n) is 2.73. The number of halogens is 3. The van der Waals surface area contributed by atoms with Crippen molar-refractivity contribution in [1.82, 2.24) is 25.3 Å². The molecular weight excluding hydrogens is 383 g/mol. The lowest BCUT2D eigenvalue weighted by molar-refractivity contribution is -0.144. The van der Waals surface area contributed by atoms with Crippen LogP contribution in [0, 0.1) is 0 Å². The highest BCUT2D eigenvalue weighted by atomic mass is 32.2. The van der Waals surface area contributed by atoms with E-state index in [0.717, 1.165) is 11.5 Å². The summed E-state index contributed by atoms with van der Waals surface area (Å²) in [7, 11) is 0. The van der Waals surface area contributed by atoms with E-state index in [-0.39, 0.29) is 22.8 Å². The van der Waals surface area contributed by atoms with Gasteiger partial charge in [-0.05, 0) is 22.4 Å². The maximum Gasteiger partial charge on any atom is 0.414 e. The van der Waals surface area contributed by atoms with E-state index in [0.29, 0.717) is 18.9 Å². The molecule has 1 unspecified atom stereocenters. The first-order valence-electron chi connectivity index (χ1n) is 8.09. The Hall–Kier alpha value is -2.63. The molecule has 3 aromatic rings. The van der Waals surface area contributed by atoms with Gasteiger partial charge >= 0.3 is 6.18 Å². The summed E-state index contributed by atoms with van der Waals surface area (Å²) in [6, 6.07) is 2.33. The van der Waals surface area contributed by atoms with Crippen LogP contribution in [0.5, 0.6) is 0 Å². The molecule has 4 heterocycles. The minimum Gasteiger partial charge on any atom is -0.352 e. The van der Waals surface area contributed by atoms with E-state index >= 15 is 0 Å². The molecule has 1 saturated heterocycles. The summed E-state index contributed by atoms with van der Waals surface area (Å²) >= 11 is 1.77. The van der Waals surface area contributed by atoms with Crippen LogP contribution in [0.3, 0.4) is 0 Å². The van der Waals surface area contributed by atoms with Crippen LogP contribution in [0.25, 0.3) is 11.3 Å². The van der Waals surface area contributed by atoms with Gasteiger partial charge in [0.2, 0.25) is 11.3 Å². The molecule has 27 heavy (non-hydrogen) atoms. The molecule has 3 aromatic heterocycles. The van der Waals surface area contributed by atoms with Crippen molar-refractivity contribution < 1.29 is 17.8 Å². The number of fused-ring (bicyclic) bond motifs is 1. The van der Waals surface area contributed by atoms with Gasteiger partial charge in [0.25, 0.3) is 0 Å². The molecule has 0 aliphatic carbocycles. The third-order valence-corrected chi connectivity index (χ3v) is 4.94. The van der Waals surface area contributed by atoms with Crippen LogP contribution in [-0.2, 0) is 0 Å². The van der Waals surface area contributed by atoms with Gasteiger partial charge in [0.15, 0.2) is 17.7 Å². The van der Waals surface area contributed by atoms with Crippen LogP contribution < -0.4 is 10.2 Å². The quantitative estimate of drug-likeness (QED) is 0.713. The molecule has 12 heteroatoms. The predicted molar refractivity (Wildman–Crippen MR) is 93.6 cm³/mol. The summed E-state index contributed by atoms with van der Waals surface area (Å²) in [5.41, 5.74) is 0.0232. The minimum atomic E-state index is -4.58. The highest BCUT2D eigenvalue weighted by Gasteiger charge is 2.43. The third-order valence-electron chi connectivity index (χ3n) is 4.00. The largest absolute Gasteiger partial charge is 0.414 e. The monoisotopic (exact) mass is 397 g/mol. The lowest BCUT2D eigenvalue weighted by Gasteiger charge is -2.30. The number of nitrogens with zero attached hydrogens (tertiary/aromatic N) is 6. The zero-order valence-electron chi connectivity index (χ0n) is 13.8. The fraction of sp³-hybridized carbons (Fsp3) is 0.400. The molecule has 1 aliphatic rings. The third kappa shape index (κ3) is 3.75. The summed E-state index contributed by atoms with van der Waals surface area (Å²) in [5, 5.41) is 9.70. The van der Waals surface area contributed by atoms with E-state index in [1.807, 2.05) is 4.90 Å². The molecule has 1 N–H and O–H groups in total. The number of hydrogen-bond acceptors (Lipinski definition) is 9. The highest BCUT2D eigenvalue weighted by molar-refractivity contribution is 7.99. The van der Waals surface area contributed by atoms with Gasteiger partial charge < -0.3 is 10.2 Å². The Labute approximate surface area is 155 Å². The Bertz CT molecular complexity index is 915. The van der Waals surface area contributed by atoms with Gasteiger partial charge in [-0.3, -0.25) is 4.98 Å². The van der Waals surface area contributed by atoms with E-state index in [9.17, 15) is 13.2 Å². The first-order chi connectivity index (χ1) is 13.0. The molecule has 4 rings (SSSR count). The van der Waals surface area contributed by atoms with Gasteiger partial charge in [-0.1, -0.05) is 6.07 Å². The van der Waals surface area contributed by atoms with Crippen LogP contribution >= 0.6 is 11.8 Å². The molecule has 1 atom stereocenters. The van der Waals surface area contributed by atoms with E-state index in [1.54, 1.807) is 17.8 Å². The van der Waals surface area contributed by atoms with Gasteiger partial charge in [0, 0.05) is 30.8 Å². The van der Waals surface area contributed by atoms with Crippen molar-refractivity contribution >= 4 is 34.7 Å². The van der Waals surface area contributed by atoms with E-state index in [1.165, 1.54) is 18.3 Å². The van der Waals surface area contributed by atoms with E-state index in [4.69, 9.17) is 0 Å². The Morgan fingerprint density at radius 3 is 2.52 bits per heavy atom. The smallest absolute Gasteiger partial charge is 0.352 e. The van der Waals surface area contributed by atoms with Crippen LogP contribution in [0.15, 0.2) is 29.0 Å². The SMILES string of the molecule is FC(F)(F)C(Nc1nc2nonc2nc1N1CCSCC1)c1ccccn1. The summed E-state index contributed by atoms with van der Waals surface area (Å²) in [6.07, 6.45) is -3.27. The summed E-state index contributed by atoms with van der Waals surface area (Å²) in [5.74, 6) is 1.96. The Balaban J connectivity index is 1.76. The van der Waals surface area contributed by atoms with Crippen molar-refractivity contribution in [3.63, 3.8) is 0 Å². The minimum absolute atomic E-state index is 0.0296. The second-order valence-corrected chi connectivity index (χ2v) is 7.00. The molecule has 0 spiro atoms. The Kier molecular flexibility index (Phi) is 4.72. The first-order valence-corrected chi connectivity index (χ1v) is 9.25. The lowest BCUT2D eigenvalue weighted by Crippen LogP contribution is -2.35. The molecule has 0 amide bonds. The maximum atomic E-state index is 13.7. The van der Waals surface area contributed by atoms with Crippen molar-refractivity contribution in [2.75, 3.05) is 34.8 Å². The Morgan fingerprint density at radius 1 is 1.11 bits per heavy atom. The number of hydrogen-bond donors (Lipinski definition) is 1.